The Morgan fingerprint density at radius 1 is 0.771 bits per heavy atom. The Kier molecular flexibility index (Phi) is 7.42. The van der Waals surface area contributed by atoms with Gasteiger partial charge in [0, 0.05) is 41.7 Å². The number of aromatic nitrogens is 2. The van der Waals surface area contributed by atoms with Crippen LogP contribution >= 0.6 is 0 Å². The Morgan fingerprint density at radius 2 is 1.46 bits per heavy atom. The fourth-order valence-corrected chi connectivity index (χ4v) is 3.40. The largest absolute Gasteiger partial charge is 0.497 e. The summed E-state index contributed by atoms with van der Waals surface area (Å²) >= 11 is 0. The highest BCUT2D eigenvalue weighted by atomic mass is 16.5. The second-order valence-electron chi connectivity index (χ2n) is 7.47. The molecule has 35 heavy (non-hydrogen) atoms. The van der Waals surface area contributed by atoms with E-state index in [2.05, 4.69) is 15.3 Å². The van der Waals surface area contributed by atoms with Gasteiger partial charge in [0.15, 0.2) is 0 Å². The van der Waals surface area contributed by atoms with Gasteiger partial charge in [0.1, 0.15) is 23.0 Å². The van der Waals surface area contributed by atoms with Gasteiger partial charge in [-0.15, -0.1) is 0 Å². The lowest BCUT2D eigenvalue weighted by Gasteiger charge is -2.12. The van der Waals surface area contributed by atoms with Gasteiger partial charge in [-0.1, -0.05) is 18.2 Å². The summed E-state index contributed by atoms with van der Waals surface area (Å²) in [6.45, 7) is 0.309. The van der Waals surface area contributed by atoms with Gasteiger partial charge in [0.2, 0.25) is 0 Å². The normalized spacial score (nSPS) is 10.4. The van der Waals surface area contributed by atoms with E-state index in [0.29, 0.717) is 35.1 Å². The molecule has 0 unspecified atom stereocenters. The third-order valence-corrected chi connectivity index (χ3v) is 5.29. The molecule has 3 aromatic carbocycles. The number of nitrogens with one attached hydrogen (secondary N) is 1. The maximum absolute atomic E-state index is 12.7. The van der Waals surface area contributed by atoms with E-state index < -0.39 is 0 Å². The third kappa shape index (κ3) is 5.86. The summed E-state index contributed by atoms with van der Waals surface area (Å²) < 4.78 is 21.5. The van der Waals surface area contributed by atoms with E-state index in [4.69, 9.17) is 18.9 Å². The second-order valence-corrected chi connectivity index (χ2v) is 7.47. The van der Waals surface area contributed by atoms with Crippen molar-refractivity contribution in [2.75, 3.05) is 21.3 Å². The minimum Gasteiger partial charge on any atom is -0.497 e. The number of rotatable bonds is 9. The molecule has 0 bridgehead atoms. The monoisotopic (exact) mass is 471 g/mol. The Morgan fingerprint density at radius 3 is 2.14 bits per heavy atom. The molecule has 4 rings (SSSR count). The van der Waals surface area contributed by atoms with Crippen LogP contribution in [0, 0.1) is 0 Å². The minimum absolute atomic E-state index is 0.195. The fraction of sp³-hybridized carbons (Fsp3) is 0.148. The molecule has 0 spiro atoms. The number of hydrogen-bond acceptors (Lipinski definition) is 7. The van der Waals surface area contributed by atoms with Crippen molar-refractivity contribution in [2.45, 2.75) is 6.54 Å². The van der Waals surface area contributed by atoms with Crippen LogP contribution in [0.15, 0.2) is 79.1 Å². The molecule has 0 aliphatic carbocycles. The molecule has 0 aliphatic heterocycles. The van der Waals surface area contributed by atoms with E-state index in [0.717, 1.165) is 16.7 Å². The van der Waals surface area contributed by atoms with Crippen molar-refractivity contribution in [3.63, 3.8) is 0 Å². The lowest BCUT2D eigenvalue weighted by atomic mass is 10.1. The molecule has 0 saturated heterocycles. The van der Waals surface area contributed by atoms with Crippen LogP contribution in [-0.4, -0.2) is 37.2 Å². The topological polar surface area (TPSA) is 91.8 Å². The van der Waals surface area contributed by atoms with Crippen LogP contribution in [0.5, 0.6) is 29.0 Å². The number of nitrogens with zero attached hydrogens (tertiary/aromatic N) is 2. The van der Waals surface area contributed by atoms with Gasteiger partial charge in [0.25, 0.3) is 5.91 Å². The third-order valence-electron chi connectivity index (χ3n) is 5.29. The Hall–Kier alpha value is -4.59. The molecule has 1 heterocycles. The molecular weight excluding hydrogens is 446 g/mol. The Balaban J connectivity index is 1.39. The van der Waals surface area contributed by atoms with Crippen molar-refractivity contribution in [3.05, 3.63) is 90.3 Å². The van der Waals surface area contributed by atoms with E-state index >= 15 is 0 Å². The van der Waals surface area contributed by atoms with Crippen LogP contribution in [0.4, 0.5) is 0 Å². The van der Waals surface area contributed by atoms with Gasteiger partial charge in [-0.05, 0) is 48.0 Å². The van der Waals surface area contributed by atoms with Gasteiger partial charge >= 0.3 is 6.01 Å². The van der Waals surface area contributed by atoms with Crippen LogP contribution in [0.2, 0.25) is 0 Å². The van der Waals surface area contributed by atoms with Crippen molar-refractivity contribution in [1.82, 2.24) is 15.3 Å². The average Bonchev–Trinajstić information content (AvgIpc) is 2.92. The van der Waals surface area contributed by atoms with Gasteiger partial charge in [-0.2, -0.15) is 0 Å². The number of hydrogen-bond donors (Lipinski definition) is 1. The number of carbonyl (C=O) groups excluding carboxylic acids is 1. The first-order chi connectivity index (χ1) is 17.1. The van der Waals surface area contributed by atoms with Crippen molar-refractivity contribution >= 4 is 5.91 Å². The zero-order valence-corrected chi connectivity index (χ0v) is 19.6. The zero-order valence-electron chi connectivity index (χ0n) is 19.6. The Labute approximate surface area is 203 Å². The quantitative estimate of drug-likeness (QED) is 0.372. The number of carbonyl (C=O) groups is 1. The maximum atomic E-state index is 12.7. The van der Waals surface area contributed by atoms with E-state index in [-0.39, 0.29) is 11.9 Å². The van der Waals surface area contributed by atoms with Crippen LogP contribution in [0.25, 0.3) is 11.1 Å². The first-order valence-electron chi connectivity index (χ1n) is 10.8. The van der Waals surface area contributed by atoms with E-state index in [1.165, 1.54) is 0 Å². The lowest BCUT2D eigenvalue weighted by Crippen LogP contribution is -2.23. The molecule has 1 N–H and O–H groups in total. The number of benzene rings is 3. The second kappa shape index (κ2) is 11.0. The first-order valence-corrected chi connectivity index (χ1v) is 10.8. The summed E-state index contributed by atoms with van der Waals surface area (Å²) in [6, 6.07) is 20.1. The fourth-order valence-electron chi connectivity index (χ4n) is 3.40. The summed E-state index contributed by atoms with van der Waals surface area (Å²) in [6.07, 6.45) is 3.35. The van der Waals surface area contributed by atoms with Gasteiger partial charge < -0.3 is 24.3 Å². The molecule has 1 aromatic heterocycles. The molecule has 0 radical (unpaired) electrons. The predicted molar refractivity (Wildman–Crippen MR) is 131 cm³/mol. The average molecular weight is 472 g/mol. The van der Waals surface area contributed by atoms with E-state index in [1.807, 2.05) is 42.5 Å². The number of methoxy groups -OCH3 is 3. The van der Waals surface area contributed by atoms with Crippen LogP contribution in [0.3, 0.4) is 0 Å². The number of ether oxygens (including phenoxy) is 4. The van der Waals surface area contributed by atoms with Crippen LogP contribution < -0.4 is 24.3 Å². The highest BCUT2D eigenvalue weighted by Gasteiger charge is 2.10. The highest BCUT2D eigenvalue weighted by molar-refractivity contribution is 5.94. The molecule has 0 atom stereocenters. The van der Waals surface area contributed by atoms with E-state index in [1.54, 1.807) is 58.0 Å². The zero-order chi connectivity index (χ0) is 24.6. The summed E-state index contributed by atoms with van der Waals surface area (Å²) in [5.41, 5.74) is 3.04. The SMILES string of the molecule is COc1cccc(Oc2ncc(-c3ccc(C(=O)NCc4cc(OC)ccc4OC)cc3)cn2)c1. The van der Waals surface area contributed by atoms with Crippen molar-refractivity contribution in [3.8, 4) is 40.1 Å². The minimum atomic E-state index is -0.195. The number of amides is 1. The van der Waals surface area contributed by atoms with E-state index in [9.17, 15) is 4.79 Å². The summed E-state index contributed by atoms with van der Waals surface area (Å²) in [4.78, 5) is 21.2. The van der Waals surface area contributed by atoms with Crippen molar-refractivity contribution in [1.29, 1.82) is 0 Å². The van der Waals surface area contributed by atoms with Crippen molar-refractivity contribution in [2.24, 2.45) is 0 Å². The molecular formula is C27H25N3O5. The summed E-state index contributed by atoms with van der Waals surface area (Å²) in [5.74, 6) is 2.45. The predicted octanol–water partition coefficient (Wildman–Crippen LogP) is 4.89. The molecule has 4 aromatic rings. The Bertz CT molecular complexity index is 1290. The van der Waals surface area contributed by atoms with Crippen LogP contribution in [-0.2, 0) is 6.54 Å². The van der Waals surface area contributed by atoms with Gasteiger partial charge in [-0.25, -0.2) is 9.97 Å². The summed E-state index contributed by atoms with van der Waals surface area (Å²) in [5, 5.41) is 2.91. The maximum Gasteiger partial charge on any atom is 0.321 e. The molecule has 0 aliphatic rings. The van der Waals surface area contributed by atoms with Gasteiger partial charge in [0.05, 0.1) is 21.3 Å². The molecule has 1 amide bonds. The molecule has 8 heteroatoms. The summed E-state index contributed by atoms with van der Waals surface area (Å²) in [7, 11) is 4.78. The smallest absolute Gasteiger partial charge is 0.321 e. The molecule has 0 fully saturated rings. The molecule has 178 valence electrons. The van der Waals surface area contributed by atoms with Gasteiger partial charge in [-0.3, -0.25) is 4.79 Å². The van der Waals surface area contributed by atoms with Crippen LogP contribution in [0.1, 0.15) is 15.9 Å². The molecule has 0 saturated carbocycles. The highest BCUT2D eigenvalue weighted by Crippen LogP contribution is 2.25. The molecule has 8 nitrogen and oxygen atoms in total. The first kappa shape index (κ1) is 23.6. The van der Waals surface area contributed by atoms with Crippen molar-refractivity contribution < 1.29 is 23.7 Å². The standard InChI is InChI=1S/C27H25N3O5/c1-32-22-5-4-6-24(14-22)35-27-29-16-21(17-30-27)18-7-9-19(10-8-18)26(31)28-15-20-13-23(33-2)11-12-25(20)34-3/h4-14,16-17H,15H2,1-3H3,(H,28,31). The lowest BCUT2D eigenvalue weighted by molar-refractivity contribution is 0.0950.